The molecular formula is C20H25FN4O2. The van der Waals surface area contributed by atoms with Crippen LogP contribution in [0.5, 0.6) is 5.75 Å². The lowest BCUT2D eigenvalue weighted by atomic mass is 10.1. The minimum atomic E-state index is -0.385. The Bertz CT molecular complexity index is 791. The topological polar surface area (TPSA) is 74.8 Å². The molecule has 7 heteroatoms. The number of aliphatic imine (C=N–C) groups is 1. The van der Waals surface area contributed by atoms with Crippen molar-refractivity contribution in [3.05, 3.63) is 65.0 Å². The minimum Gasteiger partial charge on any atom is -0.497 e. The number of aryl methyl sites for hydroxylation is 1. The third-order valence-corrected chi connectivity index (χ3v) is 3.98. The molecule has 144 valence electrons. The van der Waals surface area contributed by atoms with Crippen LogP contribution < -0.4 is 20.7 Å². The van der Waals surface area contributed by atoms with Crippen LogP contribution in [-0.2, 0) is 6.54 Å². The van der Waals surface area contributed by atoms with Crippen molar-refractivity contribution in [2.45, 2.75) is 13.5 Å². The first-order valence-corrected chi connectivity index (χ1v) is 8.65. The number of hydrogen-bond acceptors (Lipinski definition) is 3. The van der Waals surface area contributed by atoms with E-state index in [9.17, 15) is 9.18 Å². The molecule has 3 N–H and O–H groups in total. The molecule has 0 unspecified atom stereocenters. The van der Waals surface area contributed by atoms with Gasteiger partial charge in [0, 0.05) is 32.2 Å². The Labute approximate surface area is 158 Å². The molecule has 0 aromatic heterocycles. The highest BCUT2D eigenvalue weighted by atomic mass is 19.1. The zero-order chi connectivity index (χ0) is 19.6. The molecule has 0 spiro atoms. The van der Waals surface area contributed by atoms with E-state index in [1.54, 1.807) is 33.2 Å². The van der Waals surface area contributed by atoms with E-state index in [0.29, 0.717) is 36.7 Å². The number of ether oxygens (including phenoxy) is 1. The molecule has 27 heavy (non-hydrogen) atoms. The van der Waals surface area contributed by atoms with Crippen LogP contribution in [0, 0.1) is 12.7 Å². The van der Waals surface area contributed by atoms with Gasteiger partial charge in [-0.3, -0.25) is 9.79 Å². The summed E-state index contributed by atoms with van der Waals surface area (Å²) in [7, 11) is 3.31. The van der Waals surface area contributed by atoms with Gasteiger partial charge in [0.25, 0.3) is 5.91 Å². The minimum absolute atomic E-state index is 0.306. The van der Waals surface area contributed by atoms with Crippen molar-refractivity contribution < 1.29 is 13.9 Å². The molecule has 2 rings (SSSR count). The molecule has 0 saturated heterocycles. The molecule has 0 atom stereocenters. The summed E-state index contributed by atoms with van der Waals surface area (Å²) in [6.07, 6.45) is 0. The van der Waals surface area contributed by atoms with Crippen molar-refractivity contribution in [3.63, 3.8) is 0 Å². The van der Waals surface area contributed by atoms with Gasteiger partial charge in [0.1, 0.15) is 11.6 Å². The zero-order valence-electron chi connectivity index (χ0n) is 15.8. The first kappa shape index (κ1) is 20.2. The molecule has 6 nitrogen and oxygen atoms in total. The molecule has 0 aliphatic heterocycles. The highest BCUT2D eigenvalue weighted by molar-refractivity contribution is 5.94. The van der Waals surface area contributed by atoms with Crippen LogP contribution in [0.3, 0.4) is 0 Å². The lowest BCUT2D eigenvalue weighted by molar-refractivity contribution is 0.0954. The van der Waals surface area contributed by atoms with Crippen LogP contribution in [0.4, 0.5) is 4.39 Å². The monoisotopic (exact) mass is 372 g/mol. The average Bonchev–Trinajstić information content (AvgIpc) is 2.69. The highest BCUT2D eigenvalue weighted by Gasteiger charge is 2.07. The van der Waals surface area contributed by atoms with Crippen molar-refractivity contribution in [1.29, 1.82) is 0 Å². The van der Waals surface area contributed by atoms with E-state index in [1.165, 1.54) is 6.07 Å². The van der Waals surface area contributed by atoms with E-state index in [1.807, 2.05) is 24.3 Å². The summed E-state index contributed by atoms with van der Waals surface area (Å²) in [5.74, 6) is 0.743. The lowest BCUT2D eigenvalue weighted by Crippen LogP contribution is -2.41. The van der Waals surface area contributed by atoms with Gasteiger partial charge in [-0.15, -0.1) is 0 Å². The van der Waals surface area contributed by atoms with Gasteiger partial charge in [-0.1, -0.05) is 18.2 Å². The SMILES string of the molecule is CN=C(NCCNC(=O)c1ccc(C)c(F)c1)NCc1ccc(OC)cc1. The third kappa shape index (κ3) is 6.29. The van der Waals surface area contributed by atoms with Crippen LogP contribution >= 0.6 is 0 Å². The number of nitrogens with zero attached hydrogens (tertiary/aromatic N) is 1. The normalized spacial score (nSPS) is 11.0. The summed E-state index contributed by atoms with van der Waals surface area (Å²) < 4.78 is 18.7. The van der Waals surface area contributed by atoms with E-state index in [2.05, 4.69) is 20.9 Å². The van der Waals surface area contributed by atoms with Crippen LogP contribution in [0.1, 0.15) is 21.5 Å². The number of hydrogen-bond donors (Lipinski definition) is 3. The quantitative estimate of drug-likeness (QED) is 0.396. The van der Waals surface area contributed by atoms with Gasteiger partial charge in [-0.25, -0.2) is 4.39 Å². The number of guanidine groups is 1. The molecule has 0 aliphatic rings. The Morgan fingerprint density at radius 3 is 2.41 bits per heavy atom. The maximum Gasteiger partial charge on any atom is 0.251 e. The molecule has 2 aromatic rings. The average molecular weight is 372 g/mol. The number of methoxy groups -OCH3 is 1. The second-order valence-electron chi connectivity index (χ2n) is 5.92. The summed E-state index contributed by atoms with van der Waals surface area (Å²) in [5, 5.41) is 9.05. The van der Waals surface area contributed by atoms with Crippen LogP contribution in [-0.4, -0.2) is 39.1 Å². The van der Waals surface area contributed by atoms with Crippen molar-refractivity contribution in [2.75, 3.05) is 27.2 Å². The molecule has 0 saturated carbocycles. The Morgan fingerprint density at radius 2 is 1.78 bits per heavy atom. The molecule has 0 fully saturated rings. The number of nitrogens with one attached hydrogen (secondary N) is 3. The first-order chi connectivity index (χ1) is 13.0. The number of amides is 1. The predicted molar refractivity (Wildman–Crippen MR) is 105 cm³/mol. The fourth-order valence-electron chi connectivity index (χ4n) is 2.34. The largest absolute Gasteiger partial charge is 0.497 e. The van der Waals surface area contributed by atoms with E-state index in [4.69, 9.17) is 4.74 Å². The third-order valence-electron chi connectivity index (χ3n) is 3.98. The van der Waals surface area contributed by atoms with Gasteiger partial charge < -0.3 is 20.7 Å². The standard InChI is InChI=1S/C20H25FN4O2/c1-14-4-7-16(12-18(14)21)19(26)23-10-11-24-20(22-2)25-13-15-5-8-17(27-3)9-6-15/h4-9,12H,10-11,13H2,1-3H3,(H,23,26)(H2,22,24,25). The summed E-state index contributed by atoms with van der Waals surface area (Å²) in [6.45, 7) is 3.14. The fourth-order valence-corrected chi connectivity index (χ4v) is 2.34. The molecule has 0 aliphatic carbocycles. The Balaban J connectivity index is 1.72. The zero-order valence-corrected chi connectivity index (χ0v) is 15.8. The van der Waals surface area contributed by atoms with Gasteiger partial charge in [0.05, 0.1) is 7.11 Å². The lowest BCUT2D eigenvalue weighted by Gasteiger charge is -2.13. The summed E-state index contributed by atoms with van der Waals surface area (Å²) in [5.41, 5.74) is 1.91. The number of halogens is 1. The first-order valence-electron chi connectivity index (χ1n) is 8.65. The van der Waals surface area contributed by atoms with Crippen molar-refractivity contribution in [1.82, 2.24) is 16.0 Å². The summed E-state index contributed by atoms with van der Waals surface area (Å²) >= 11 is 0. The molecule has 1 amide bonds. The predicted octanol–water partition coefficient (Wildman–Crippen LogP) is 2.24. The summed E-state index contributed by atoms with van der Waals surface area (Å²) in [6, 6.07) is 12.2. The Kier molecular flexibility index (Phi) is 7.61. The van der Waals surface area contributed by atoms with Crippen LogP contribution in [0.15, 0.2) is 47.5 Å². The second kappa shape index (κ2) is 10.2. The number of carbonyl (C=O) groups excluding carboxylic acids is 1. The van der Waals surface area contributed by atoms with Crippen LogP contribution in [0.25, 0.3) is 0 Å². The highest BCUT2D eigenvalue weighted by Crippen LogP contribution is 2.11. The molecular weight excluding hydrogens is 347 g/mol. The molecule has 0 heterocycles. The Hall–Kier alpha value is -3.09. The number of rotatable bonds is 7. The molecule has 2 aromatic carbocycles. The molecule has 0 radical (unpaired) electrons. The van der Waals surface area contributed by atoms with Crippen molar-refractivity contribution in [2.24, 2.45) is 4.99 Å². The van der Waals surface area contributed by atoms with Crippen LogP contribution in [0.2, 0.25) is 0 Å². The van der Waals surface area contributed by atoms with E-state index < -0.39 is 0 Å². The molecule has 0 bridgehead atoms. The summed E-state index contributed by atoms with van der Waals surface area (Å²) in [4.78, 5) is 16.2. The van der Waals surface area contributed by atoms with Gasteiger partial charge in [-0.05, 0) is 42.3 Å². The number of carbonyl (C=O) groups is 1. The maximum atomic E-state index is 13.5. The van der Waals surface area contributed by atoms with Gasteiger partial charge >= 0.3 is 0 Å². The van der Waals surface area contributed by atoms with E-state index in [-0.39, 0.29) is 11.7 Å². The smallest absolute Gasteiger partial charge is 0.251 e. The van der Waals surface area contributed by atoms with E-state index in [0.717, 1.165) is 11.3 Å². The number of benzene rings is 2. The maximum absolute atomic E-state index is 13.5. The fraction of sp³-hybridized carbons (Fsp3) is 0.300. The van der Waals surface area contributed by atoms with Gasteiger partial charge in [-0.2, -0.15) is 0 Å². The van der Waals surface area contributed by atoms with E-state index >= 15 is 0 Å². The van der Waals surface area contributed by atoms with Crippen molar-refractivity contribution >= 4 is 11.9 Å². The second-order valence-corrected chi connectivity index (χ2v) is 5.92. The van der Waals surface area contributed by atoms with Gasteiger partial charge in [0.2, 0.25) is 0 Å². The van der Waals surface area contributed by atoms with Gasteiger partial charge in [0.15, 0.2) is 5.96 Å². The Morgan fingerprint density at radius 1 is 1.07 bits per heavy atom. The van der Waals surface area contributed by atoms with Crippen molar-refractivity contribution in [3.8, 4) is 5.75 Å².